The van der Waals surface area contributed by atoms with Gasteiger partial charge in [-0.25, -0.2) is 14.2 Å². The number of aromatic nitrogens is 3. The number of nitrogens with one attached hydrogen (secondary N) is 3. The molecule has 122 valence electrons. The molecule has 9 heteroatoms. The average Bonchev–Trinajstić information content (AvgIpc) is 2.51. The summed E-state index contributed by atoms with van der Waals surface area (Å²) in [5.41, 5.74) is 2.30. The van der Waals surface area contributed by atoms with Crippen molar-refractivity contribution in [1.29, 1.82) is 0 Å². The second-order valence-electron chi connectivity index (χ2n) is 4.37. The lowest BCUT2D eigenvalue weighted by molar-refractivity contribution is 0.580. The molecule has 0 unspecified atom stereocenters. The normalized spacial score (nSPS) is 10.8. The molecule has 0 aliphatic carbocycles. The van der Waals surface area contributed by atoms with Crippen molar-refractivity contribution in [2.24, 2.45) is 5.10 Å². The van der Waals surface area contributed by atoms with Crippen LogP contribution in [0.25, 0.3) is 0 Å². The summed E-state index contributed by atoms with van der Waals surface area (Å²) in [5.74, 6) is -0.512. The zero-order valence-corrected chi connectivity index (χ0v) is 12.8. The molecule has 0 saturated heterocycles. The summed E-state index contributed by atoms with van der Waals surface area (Å²) in [6, 6.07) is 3.59. The Labute approximate surface area is 132 Å². The number of anilines is 3. The average molecular weight is 321 g/mol. The molecule has 2 rings (SSSR count). The van der Waals surface area contributed by atoms with Crippen LogP contribution in [0.15, 0.2) is 23.3 Å². The van der Waals surface area contributed by atoms with Crippen LogP contribution in [0.5, 0.6) is 0 Å². The Hall–Kier alpha value is -2.84. The van der Waals surface area contributed by atoms with Crippen molar-refractivity contribution in [3.05, 3.63) is 35.4 Å². The van der Waals surface area contributed by atoms with E-state index in [0.29, 0.717) is 25.0 Å². The summed E-state index contributed by atoms with van der Waals surface area (Å²) in [7, 11) is 0. The van der Waals surface area contributed by atoms with Crippen molar-refractivity contribution in [2.45, 2.75) is 13.8 Å². The van der Waals surface area contributed by atoms with E-state index in [-0.39, 0.29) is 11.5 Å². The summed E-state index contributed by atoms with van der Waals surface area (Å²) in [6.07, 6.45) is 1.04. The van der Waals surface area contributed by atoms with E-state index >= 15 is 0 Å². The first kappa shape index (κ1) is 16.5. The Morgan fingerprint density at radius 2 is 1.48 bits per heavy atom. The lowest BCUT2D eigenvalue weighted by atomic mass is 10.2. The molecule has 0 bridgehead atoms. The summed E-state index contributed by atoms with van der Waals surface area (Å²) in [5, 5.41) is 9.69. The van der Waals surface area contributed by atoms with Crippen molar-refractivity contribution in [3.63, 3.8) is 0 Å². The second-order valence-corrected chi connectivity index (χ2v) is 4.37. The van der Waals surface area contributed by atoms with E-state index in [1.54, 1.807) is 0 Å². The zero-order valence-electron chi connectivity index (χ0n) is 12.8. The molecule has 0 aliphatic rings. The van der Waals surface area contributed by atoms with Crippen molar-refractivity contribution >= 4 is 24.1 Å². The van der Waals surface area contributed by atoms with Crippen LogP contribution in [0, 0.1) is 11.6 Å². The molecule has 7 nitrogen and oxygen atoms in total. The van der Waals surface area contributed by atoms with Gasteiger partial charge in [-0.2, -0.15) is 20.1 Å². The molecule has 1 heterocycles. The quantitative estimate of drug-likeness (QED) is 0.536. The SMILES string of the molecule is CCNc1nc(NCC)nc(N/N=C/c2c(F)cccc2F)n1. The van der Waals surface area contributed by atoms with Gasteiger partial charge >= 0.3 is 0 Å². The molecule has 0 atom stereocenters. The molecule has 0 spiro atoms. The fourth-order valence-corrected chi connectivity index (χ4v) is 1.69. The van der Waals surface area contributed by atoms with Crippen molar-refractivity contribution in [1.82, 2.24) is 15.0 Å². The van der Waals surface area contributed by atoms with Gasteiger partial charge in [0, 0.05) is 13.1 Å². The molecule has 0 amide bonds. The van der Waals surface area contributed by atoms with E-state index in [0.717, 1.165) is 18.3 Å². The summed E-state index contributed by atoms with van der Waals surface area (Å²) >= 11 is 0. The fraction of sp³-hybridized carbons (Fsp3) is 0.286. The molecule has 3 N–H and O–H groups in total. The Morgan fingerprint density at radius 3 is 2.00 bits per heavy atom. The maximum atomic E-state index is 13.5. The Kier molecular flexibility index (Phi) is 5.73. The molecule has 0 fully saturated rings. The molecular formula is C14H17F2N7. The van der Waals surface area contributed by atoms with Crippen LogP contribution in [0.4, 0.5) is 26.6 Å². The van der Waals surface area contributed by atoms with E-state index in [2.05, 4.69) is 36.1 Å². The van der Waals surface area contributed by atoms with E-state index < -0.39 is 11.6 Å². The highest BCUT2D eigenvalue weighted by Crippen LogP contribution is 2.11. The smallest absolute Gasteiger partial charge is 0.250 e. The van der Waals surface area contributed by atoms with Gasteiger partial charge in [-0.05, 0) is 26.0 Å². The monoisotopic (exact) mass is 321 g/mol. The van der Waals surface area contributed by atoms with Gasteiger partial charge in [0.2, 0.25) is 17.8 Å². The van der Waals surface area contributed by atoms with Gasteiger partial charge in [-0.15, -0.1) is 0 Å². The largest absolute Gasteiger partial charge is 0.354 e. The summed E-state index contributed by atoms with van der Waals surface area (Å²) in [6.45, 7) is 5.09. The van der Waals surface area contributed by atoms with Gasteiger partial charge in [-0.1, -0.05) is 6.07 Å². The molecular weight excluding hydrogens is 304 g/mol. The van der Waals surface area contributed by atoms with Crippen molar-refractivity contribution < 1.29 is 8.78 Å². The highest BCUT2D eigenvalue weighted by molar-refractivity contribution is 5.80. The molecule has 23 heavy (non-hydrogen) atoms. The first-order chi connectivity index (χ1) is 11.1. The predicted molar refractivity (Wildman–Crippen MR) is 85.7 cm³/mol. The van der Waals surface area contributed by atoms with Crippen LogP contribution in [-0.2, 0) is 0 Å². The Morgan fingerprint density at radius 1 is 0.957 bits per heavy atom. The maximum absolute atomic E-state index is 13.5. The Balaban J connectivity index is 2.17. The minimum atomic E-state index is -0.701. The van der Waals surface area contributed by atoms with E-state index in [4.69, 9.17) is 0 Å². The van der Waals surface area contributed by atoms with Gasteiger partial charge in [0.05, 0.1) is 11.8 Å². The predicted octanol–water partition coefficient (Wildman–Crippen LogP) is 2.46. The van der Waals surface area contributed by atoms with Gasteiger partial charge in [0.25, 0.3) is 0 Å². The van der Waals surface area contributed by atoms with Crippen molar-refractivity contribution in [2.75, 3.05) is 29.1 Å². The zero-order chi connectivity index (χ0) is 16.7. The topological polar surface area (TPSA) is 87.1 Å². The molecule has 1 aromatic carbocycles. The van der Waals surface area contributed by atoms with Gasteiger partial charge in [0.15, 0.2) is 0 Å². The second kappa shape index (κ2) is 7.97. The lowest BCUT2D eigenvalue weighted by Gasteiger charge is -2.07. The molecule has 0 aliphatic heterocycles. The van der Waals surface area contributed by atoms with Crippen molar-refractivity contribution in [3.8, 4) is 0 Å². The minimum absolute atomic E-state index is 0.153. The highest BCUT2D eigenvalue weighted by atomic mass is 19.1. The van der Waals surface area contributed by atoms with E-state index in [1.165, 1.54) is 6.07 Å². The minimum Gasteiger partial charge on any atom is -0.354 e. The third-order valence-electron chi connectivity index (χ3n) is 2.66. The number of halogens is 2. The van der Waals surface area contributed by atoms with Crippen LogP contribution >= 0.6 is 0 Å². The van der Waals surface area contributed by atoms with E-state index in [9.17, 15) is 8.78 Å². The number of benzene rings is 1. The van der Waals surface area contributed by atoms with Crippen LogP contribution in [-0.4, -0.2) is 34.3 Å². The highest BCUT2D eigenvalue weighted by Gasteiger charge is 2.06. The number of hydrazone groups is 1. The third-order valence-corrected chi connectivity index (χ3v) is 2.66. The first-order valence-corrected chi connectivity index (χ1v) is 7.11. The first-order valence-electron chi connectivity index (χ1n) is 7.11. The lowest BCUT2D eigenvalue weighted by Crippen LogP contribution is -2.10. The standard InChI is InChI=1S/C14H17F2N7/c1-3-17-12-20-13(18-4-2)22-14(21-12)23-19-8-9-10(15)6-5-7-11(9)16/h5-8H,3-4H2,1-2H3,(H3,17,18,20,21,22,23)/b19-8+. The number of nitrogens with zero attached hydrogens (tertiary/aromatic N) is 4. The summed E-state index contributed by atoms with van der Waals surface area (Å²) in [4.78, 5) is 12.3. The van der Waals surface area contributed by atoms with E-state index in [1.807, 2.05) is 13.8 Å². The fourth-order valence-electron chi connectivity index (χ4n) is 1.69. The Bertz CT molecular complexity index is 646. The van der Waals surface area contributed by atoms with Crippen LogP contribution < -0.4 is 16.1 Å². The van der Waals surface area contributed by atoms with Gasteiger partial charge < -0.3 is 10.6 Å². The summed E-state index contributed by atoms with van der Waals surface area (Å²) < 4.78 is 27.0. The van der Waals surface area contributed by atoms with Gasteiger partial charge in [0.1, 0.15) is 11.6 Å². The number of hydrogen-bond donors (Lipinski definition) is 3. The molecule has 0 radical (unpaired) electrons. The van der Waals surface area contributed by atoms with Crippen LogP contribution in [0.1, 0.15) is 19.4 Å². The van der Waals surface area contributed by atoms with Crippen LogP contribution in [0.3, 0.4) is 0 Å². The molecule has 0 saturated carbocycles. The third kappa shape index (κ3) is 4.56. The molecule has 2 aromatic rings. The van der Waals surface area contributed by atoms with Gasteiger partial charge in [-0.3, -0.25) is 0 Å². The number of hydrogen-bond acceptors (Lipinski definition) is 7. The van der Waals surface area contributed by atoms with Crippen LogP contribution in [0.2, 0.25) is 0 Å². The number of rotatable bonds is 7. The molecule has 1 aromatic heterocycles. The maximum Gasteiger partial charge on any atom is 0.250 e.